The lowest BCUT2D eigenvalue weighted by Crippen LogP contribution is -2.06. The molecule has 0 N–H and O–H groups in total. The van der Waals surface area contributed by atoms with E-state index in [0.29, 0.717) is 6.07 Å². The Morgan fingerprint density at radius 1 is 1.50 bits per heavy atom. The first-order valence-corrected chi connectivity index (χ1v) is 5.91. The van der Waals surface area contributed by atoms with E-state index in [4.69, 9.17) is 15.9 Å². The van der Waals surface area contributed by atoms with Crippen LogP contribution in [0.2, 0.25) is 0 Å². The molecule has 0 atom stereocenters. The molecular weight excluding hydrogens is 269 g/mol. The zero-order valence-electron chi connectivity index (χ0n) is 7.29. The van der Waals surface area contributed by atoms with Gasteiger partial charge in [-0.05, 0) is 6.07 Å². The van der Waals surface area contributed by atoms with Gasteiger partial charge < -0.3 is 0 Å². The number of nitriles is 1. The third kappa shape index (κ3) is 2.43. The van der Waals surface area contributed by atoms with Crippen LogP contribution in [0.1, 0.15) is 17.7 Å². The maximum atomic E-state index is 12.9. The summed E-state index contributed by atoms with van der Waals surface area (Å²) in [4.78, 5) is 2.85. The molecule has 0 amide bonds. The minimum Gasteiger partial charge on any atom is -0.230 e. The van der Waals surface area contributed by atoms with Gasteiger partial charge in [0.1, 0.15) is 11.8 Å². The van der Waals surface area contributed by atoms with E-state index >= 15 is 0 Å². The second kappa shape index (κ2) is 4.27. The highest BCUT2D eigenvalue weighted by Crippen LogP contribution is 2.25. The Kier molecular flexibility index (Phi) is 3.40. The van der Waals surface area contributed by atoms with Gasteiger partial charge in [-0.2, -0.15) is 5.26 Å². The molecule has 0 aliphatic heterocycles. The van der Waals surface area contributed by atoms with Gasteiger partial charge in [-0.1, -0.05) is 0 Å². The van der Waals surface area contributed by atoms with E-state index in [-0.39, 0.29) is 0 Å². The van der Waals surface area contributed by atoms with Crippen molar-refractivity contribution in [1.82, 2.24) is 4.98 Å². The molecule has 0 aliphatic rings. The predicted octanol–water partition coefficient (Wildman–Crippen LogP) is 1.96. The highest BCUT2D eigenvalue weighted by Gasteiger charge is 2.25. The van der Waals surface area contributed by atoms with Crippen molar-refractivity contribution < 1.29 is 21.6 Å². The Balaban J connectivity index is 3.62. The molecular formula is C7H2ClF3N2O2S. The smallest absolute Gasteiger partial charge is 0.230 e. The number of nitrogens with zero attached hydrogens (tertiary/aromatic N) is 2. The molecule has 9 heteroatoms. The molecule has 0 spiro atoms. The topological polar surface area (TPSA) is 70.8 Å². The highest BCUT2D eigenvalue weighted by molar-refractivity contribution is 8.13. The SMILES string of the molecule is N#Cc1cc(F)c(C(F)F)nc1S(=O)(=O)Cl. The Bertz CT molecular complexity index is 568. The second-order valence-electron chi connectivity index (χ2n) is 2.56. The Morgan fingerprint density at radius 2 is 2.06 bits per heavy atom. The summed E-state index contributed by atoms with van der Waals surface area (Å²) in [5.41, 5.74) is -2.09. The summed E-state index contributed by atoms with van der Waals surface area (Å²) in [6, 6.07) is 1.65. The fourth-order valence-corrected chi connectivity index (χ4v) is 1.83. The molecule has 0 bridgehead atoms. The van der Waals surface area contributed by atoms with Gasteiger partial charge in [0.05, 0.1) is 5.56 Å². The van der Waals surface area contributed by atoms with E-state index in [1.165, 1.54) is 6.07 Å². The summed E-state index contributed by atoms with van der Waals surface area (Å²) in [7, 11) is 0.383. The molecule has 16 heavy (non-hydrogen) atoms. The molecule has 1 aromatic rings. The summed E-state index contributed by atoms with van der Waals surface area (Å²) in [6.07, 6.45) is -3.30. The Hall–Kier alpha value is -1.33. The summed E-state index contributed by atoms with van der Waals surface area (Å²) >= 11 is 0. The number of pyridine rings is 1. The van der Waals surface area contributed by atoms with Crippen LogP contribution in [0, 0.1) is 17.1 Å². The highest BCUT2D eigenvalue weighted by atomic mass is 35.7. The van der Waals surface area contributed by atoms with Crippen LogP contribution in [0.25, 0.3) is 0 Å². The van der Waals surface area contributed by atoms with Crippen molar-refractivity contribution in [2.24, 2.45) is 0 Å². The summed E-state index contributed by atoms with van der Waals surface area (Å²) in [5.74, 6) is -1.46. The van der Waals surface area contributed by atoms with Gasteiger partial charge in [0, 0.05) is 10.7 Å². The van der Waals surface area contributed by atoms with Crippen molar-refractivity contribution >= 4 is 19.7 Å². The van der Waals surface area contributed by atoms with Crippen molar-refractivity contribution in [3.05, 3.63) is 23.1 Å². The van der Waals surface area contributed by atoms with Gasteiger partial charge >= 0.3 is 0 Å². The van der Waals surface area contributed by atoms with E-state index in [0.717, 1.165) is 0 Å². The molecule has 1 rings (SSSR count). The standard InChI is InChI=1S/C7H2ClF3N2O2S/c8-16(14,15)7-3(2-12)1-4(9)5(13-7)6(10)11/h1,6H. The number of hydrogen-bond acceptors (Lipinski definition) is 4. The van der Waals surface area contributed by atoms with Crippen molar-refractivity contribution in [2.45, 2.75) is 11.5 Å². The fraction of sp³-hybridized carbons (Fsp3) is 0.143. The van der Waals surface area contributed by atoms with Crippen LogP contribution in [-0.4, -0.2) is 13.4 Å². The third-order valence-electron chi connectivity index (χ3n) is 1.53. The van der Waals surface area contributed by atoms with E-state index < -0.39 is 37.6 Å². The molecule has 0 saturated carbocycles. The van der Waals surface area contributed by atoms with Crippen LogP contribution < -0.4 is 0 Å². The number of hydrogen-bond donors (Lipinski definition) is 0. The van der Waals surface area contributed by atoms with Crippen molar-refractivity contribution in [1.29, 1.82) is 5.26 Å². The third-order valence-corrected chi connectivity index (χ3v) is 2.74. The monoisotopic (exact) mass is 270 g/mol. The first kappa shape index (κ1) is 12.7. The summed E-state index contributed by atoms with van der Waals surface area (Å²) in [5, 5.41) is 7.39. The van der Waals surface area contributed by atoms with Gasteiger partial charge in [-0.15, -0.1) is 0 Å². The lowest BCUT2D eigenvalue weighted by atomic mass is 10.2. The molecule has 0 unspecified atom stereocenters. The molecule has 0 aromatic carbocycles. The van der Waals surface area contributed by atoms with Crippen LogP contribution in [0.5, 0.6) is 0 Å². The molecule has 0 fully saturated rings. The minimum atomic E-state index is -4.48. The number of alkyl halides is 2. The molecule has 4 nitrogen and oxygen atoms in total. The minimum absolute atomic E-state index is 0.351. The van der Waals surface area contributed by atoms with Crippen molar-refractivity contribution in [3.63, 3.8) is 0 Å². The van der Waals surface area contributed by atoms with Gasteiger partial charge in [-0.3, -0.25) is 0 Å². The Labute approximate surface area is 92.7 Å². The van der Waals surface area contributed by atoms with Gasteiger partial charge in [-0.25, -0.2) is 26.6 Å². The van der Waals surface area contributed by atoms with Crippen LogP contribution in [0.4, 0.5) is 13.2 Å². The van der Waals surface area contributed by atoms with Crippen LogP contribution in [-0.2, 0) is 9.05 Å². The maximum absolute atomic E-state index is 12.9. The number of aromatic nitrogens is 1. The molecule has 0 radical (unpaired) electrons. The van der Waals surface area contributed by atoms with Crippen LogP contribution >= 0.6 is 10.7 Å². The average molecular weight is 271 g/mol. The largest absolute Gasteiger partial charge is 0.283 e. The zero-order valence-corrected chi connectivity index (χ0v) is 8.86. The molecule has 1 heterocycles. The first-order valence-electron chi connectivity index (χ1n) is 3.60. The number of rotatable bonds is 2. The summed E-state index contributed by atoms with van der Waals surface area (Å²) < 4.78 is 59.1. The summed E-state index contributed by atoms with van der Waals surface area (Å²) in [6.45, 7) is 0. The molecule has 1 aromatic heterocycles. The molecule has 86 valence electrons. The van der Waals surface area contributed by atoms with Crippen molar-refractivity contribution in [2.75, 3.05) is 0 Å². The maximum Gasteiger partial charge on any atom is 0.283 e. The van der Waals surface area contributed by atoms with E-state index in [9.17, 15) is 21.6 Å². The van der Waals surface area contributed by atoms with E-state index in [2.05, 4.69) is 4.98 Å². The van der Waals surface area contributed by atoms with Gasteiger partial charge in [0.2, 0.25) is 0 Å². The van der Waals surface area contributed by atoms with E-state index in [1.54, 1.807) is 0 Å². The van der Waals surface area contributed by atoms with E-state index in [1.807, 2.05) is 0 Å². The van der Waals surface area contributed by atoms with Crippen LogP contribution in [0.15, 0.2) is 11.1 Å². The van der Waals surface area contributed by atoms with Gasteiger partial charge in [0.15, 0.2) is 10.8 Å². The van der Waals surface area contributed by atoms with Crippen LogP contribution in [0.3, 0.4) is 0 Å². The Morgan fingerprint density at radius 3 is 2.44 bits per heavy atom. The first-order chi connectivity index (χ1) is 7.27. The normalized spacial score (nSPS) is 11.5. The van der Waals surface area contributed by atoms with Gasteiger partial charge in [0.25, 0.3) is 15.5 Å². The zero-order chi connectivity index (χ0) is 12.5. The number of halogens is 4. The second-order valence-corrected chi connectivity index (χ2v) is 5.04. The quantitative estimate of drug-likeness (QED) is 0.770. The average Bonchev–Trinajstić information content (AvgIpc) is 2.14. The van der Waals surface area contributed by atoms with Crippen molar-refractivity contribution in [3.8, 4) is 6.07 Å². The lowest BCUT2D eigenvalue weighted by Gasteiger charge is -2.04. The molecule has 0 saturated heterocycles. The fourth-order valence-electron chi connectivity index (χ4n) is 0.904. The lowest BCUT2D eigenvalue weighted by molar-refractivity contribution is 0.139. The molecule has 0 aliphatic carbocycles. The predicted molar refractivity (Wildman–Crippen MR) is 46.9 cm³/mol.